The van der Waals surface area contributed by atoms with Crippen molar-refractivity contribution in [2.45, 2.75) is 31.3 Å². The zero-order chi connectivity index (χ0) is 17.6. The molecule has 0 atom stereocenters. The molecule has 8 nitrogen and oxygen atoms in total. The first kappa shape index (κ1) is 15.8. The molecule has 0 bridgehead atoms. The van der Waals surface area contributed by atoms with E-state index >= 15 is 0 Å². The lowest BCUT2D eigenvalue weighted by atomic mass is 9.80. The van der Waals surface area contributed by atoms with Crippen LogP contribution in [-0.2, 0) is 30.3 Å². The molecule has 26 heavy (non-hydrogen) atoms. The monoisotopic (exact) mass is 354 g/mol. The van der Waals surface area contributed by atoms with E-state index in [1.54, 1.807) is 10.9 Å². The van der Waals surface area contributed by atoms with Gasteiger partial charge >= 0.3 is 0 Å². The van der Waals surface area contributed by atoms with E-state index in [9.17, 15) is 0 Å². The number of nitrogens with one attached hydrogen (secondary N) is 1. The fourth-order valence-electron chi connectivity index (χ4n) is 4.28. The van der Waals surface area contributed by atoms with Crippen molar-refractivity contribution >= 4 is 0 Å². The molecule has 2 aliphatic rings. The minimum Gasteiger partial charge on any atom is -0.381 e. The number of hydrogen-bond acceptors (Lipinski definition) is 6. The molecule has 3 aromatic rings. The Morgan fingerprint density at radius 2 is 2.19 bits per heavy atom. The molecular formula is C18H22N6O2. The van der Waals surface area contributed by atoms with Crippen LogP contribution in [0.5, 0.6) is 0 Å². The van der Waals surface area contributed by atoms with Crippen molar-refractivity contribution in [3.05, 3.63) is 41.9 Å². The number of aromatic amines is 1. The lowest BCUT2D eigenvalue weighted by Crippen LogP contribution is -2.53. The number of aromatic nitrogens is 5. The first-order valence-electron chi connectivity index (χ1n) is 9.05. The predicted molar refractivity (Wildman–Crippen MR) is 93.1 cm³/mol. The molecule has 0 aliphatic carbocycles. The van der Waals surface area contributed by atoms with E-state index in [2.05, 4.69) is 25.1 Å². The van der Waals surface area contributed by atoms with Crippen LogP contribution in [0.4, 0.5) is 0 Å². The normalized spacial score (nSPS) is 19.7. The van der Waals surface area contributed by atoms with Gasteiger partial charge in [0.2, 0.25) is 0 Å². The fraction of sp³-hybridized carbons (Fsp3) is 0.500. The van der Waals surface area contributed by atoms with Gasteiger partial charge in [0.25, 0.3) is 0 Å². The third-order valence-electron chi connectivity index (χ3n) is 5.62. The number of ether oxygens (including phenoxy) is 1. The topological polar surface area (TPSA) is 85.0 Å². The Kier molecular flexibility index (Phi) is 3.68. The number of imidazole rings is 1. The second-order valence-corrected chi connectivity index (χ2v) is 7.13. The Balaban J connectivity index is 1.44. The molecule has 1 spiro atoms. The Hall–Kier alpha value is -2.45. The summed E-state index contributed by atoms with van der Waals surface area (Å²) in [6.07, 6.45) is 8.45. The van der Waals surface area contributed by atoms with Gasteiger partial charge < -0.3 is 14.2 Å². The lowest BCUT2D eigenvalue weighted by molar-refractivity contribution is -0.0479. The van der Waals surface area contributed by atoms with Crippen molar-refractivity contribution in [1.29, 1.82) is 0 Å². The van der Waals surface area contributed by atoms with Gasteiger partial charge in [-0.25, -0.2) is 4.98 Å². The van der Waals surface area contributed by atoms with E-state index in [0.717, 1.165) is 62.6 Å². The molecule has 2 aliphatic heterocycles. The van der Waals surface area contributed by atoms with E-state index < -0.39 is 0 Å². The van der Waals surface area contributed by atoms with Gasteiger partial charge in [-0.2, -0.15) is 5.10 Å². The van der Waals surface area contributed by atoms with Crippen molar-refractivity contribution < 1.29 is 9.26 Å². The zero-order valence-corrected chi connectivity index (χ0v) is 14.8. The quantitative estimate of drug-likeness (QED) is 0.773. The van der Waals surface area contributed by atoms with E-state index in [0.29, 0.717) is 0 Å². The molecular weight excluding hydrogens is 332 g/mol. The molecule has 5 heterocycles. The van der Waals surface area contributed by atoms with Crippen molar-refractivity contribution in [2.24, 2.45) is 7.05 Å². The highest BCUT2D eigenvalue weighted by molar-refractivity contribution is 5.56. The molecule has 3 aromatic heterocycles. The highest BCUT2D eigenvalue weighted by atomic mass is 16.5. The average molecular weight is 354 g/mol. The minimum absolute atomic E-state index is 0.0763. The third kappa shape index (κ3) is 2.48. The Morgan fingerprint density at radius 1 is 1.31 bits per heavy atom. The van der Waals surface area contributed by atoms with Gasteiger partial charge in [0, 0.05) is 56.7 Å². The molecule has 1 saturated heterocycles. The predicted octanol–water partition coefficient (Wildman–Crippen LogP) is 1.86. The van der Waals surface area contributed by atoms with Gasteiger partial charge in [0.1, 0.15) is 5.69 Å². The van der Waals surface area contributed by atoms with Crippen molar-refractivity contribution in [1.82, 2.24) is 29.8 Å². The standard InChI is InChI=1S/C18H22N6O2/c1-23-10-13(9-21-23)16-8-14(26-22-16)11-24-5-2-15-17(20-12-19-15)18(24)3-6-25-7-4-18/h8-10,12H,2-7,11H2,1H3,(H,19,20). The summed E-state index contributed by atoms with van der Waals surface area (Å²) in [5, 5.41) is 8.44. The molecule has 0 unspecified atom stereocenters. The van der Waals surface area contributed by atoms with Gasteiger partial charge in [-0.1, -0.05) is 5.16 Å². The number of fused-ring (bicyclic) bond motifs is 2. The summed E-state index contributed by atoms with van der Waals surface area (Å²) in [4.78, 5) is 10.5. The highest BCUT2D eigenvalue weighted by Gasteiger charge is 2.46. The van der Waals surface area contributed by atoms with Crippen molar-refractivity contribution in [3.63, 3.8) is 0 Å². The van der Waals surface area contributed by atoms with E-state index in [-0.39, 0.29) is 5.54 Å². The SMILES string of the molecule is Cn1cc(-c2cc(CN3CCc4[nH]cnc4C34CCOCC4)on2)cn1. The van der Waals surface area contributed by atoms with E-state index in [1.807, 2.05) is 25.6 Å². The molecule has 0 aromatic carbocycles. The van der Waals surface area contributed by atoms with Crippen LogP contribution in [-0.4, -0.2) is 49.6 Å². The summed E-state index contributed by atoms with van der Waals surface area (Å²) < 4.78 is 13.1. The molecule has 0 radical (unpaired) electrons. The van der Waals surface area contributed by atoms with Crippen molar-refractivity contribution in [3.8, 4) is 11.3 Å². The molecule has 8 heteroatoms. The number of nitrogens with zero attached hydrogens (tertiary/aromatic N) is 5. The Morgan fingerprint density at radius 3 is 3.00 bits per heavy atom. The highest BCUT2D eigenvalue weighted by Crippen LogP contribution is 2.42. The average Bonchev–Trinajstić information content (AvgIpc) is 3.39. The molecule has 0 amide bonds. The summed E-state index contributed by atoms with van der Waals surface area (Å²) in [6, 6.07) is 2.02. The van der Waals surface area contributed by atoms with E-state index in [4.69, 9.17) is 9.26 Å². The van der Waals surface area contributed by atoms with Crippen LogP contribution in [0.2, 0.25) is 0 Å². The van der Waals surface area contributed by atoms with Gasteiger partial charge in [0.15, 0.2) is 5.76 Å². The largest absolute Gasteiger partial charge is 0.381 e. The van der Waals surface area contributed by atoms with Gasteiger partial charge in [-0.3, -0.25) is 9.58 Å². The maximum atomic E-state index is 5.65. The Bertz CT molecular complexity index is 904. The summed E-state index contributed by atoms with van der Waals surface area (Å²) in [7, 11) is 1.90. The number of hydrogen-bond donors (Lipinski definition) is 1. The maximum Gasteiger partial charge on any atom is 0.151 e. The fourth-order valence-corrected chi connectivity index (χ4v) is 4.28. The second-order valence-electron chi connectivity index (χ2n) is 7.13. The van der Waals surface area contributed by atoms with Crippen LogP contribution in [0.15, 0.2) is 29.3 Å². The third-order valence-corrected chi connectivity index (χ3v) is 5.62. The molecule has 136 valence electrons. The number of aryl methyl sites for hydroxylation is 1. The summed E-state index contributed by atoms with van der Waals surface area (Å²) in [5.74, 6) is 0.869. The maximum absolute atomic E-state index is 5.65. The number of H-pyrrole nitrogens is 1. The van der Waals surface area contributed by atoms with Crippen LogP contribution in [0.1, 0.15) is 30.0 Å². The first-order valence-corrected chi connectivity index (χ1v) is 9.05. The van der Waals surface area contributed by atoms with Gasteiger partial charge in [-0.15, -0.1) is 0 Å². The van der Waals surface area contributed by atoms with Gasteiger partial charge in [-0.05, 0) is 12.8 Å². The van der Waals surface area contributed by atoms with E-state index in [1.165, 1.54) is 11.4 Å². The summed E-state index contributed by atoms with van der Waals surface area (Å²) >= 11 is 0. The van der Waals surface area contributed by atoms with Crippen LogP contribution in [0.3, 0.4) is 0 Å². The first-order chi connectivity index (χ1) is 12.7. The Labute approximate surface area is 151 Å². The van der Waals surface area contributed by atoms with Crippen LogP contribution >= 0.6 is 0 Å². The van der Waals surface area contributed by atoms with Crippen molar-refractivity contribution in [2.75, 3.05) is 19.8 Å². The minimum atomic E-state index is -0.0763. The van der Waals surface area contributed by atoms with Crippen LogP contribution in [0, 0.1) is 0 Å². The second kappa shape index (κ2) is 6.07. The van der Waals surface area contributed by atoms with Crippen LogP contribution < -0.4 is 0 Å². The summed E-state index contributed by atoms with van der Waals surface area (Å²) in [5.41, 5.74) is 4.16. The smallest absolute Gasteiger partial charge is 0.151 e. The molecule has 1 fully saturated rings. The van der Waals surface area contributed by atoms with Gasteiger partial charge in [0.05, 0.1) is 30.3 Å². The van der Waals surface area contributed by atoms with Crippen LogP contribution in [0.25, 0.3) is 11.3 Å². The number of rotatable bonds is 3. The summed E-state index contributed by atoms with van der Waals surface area (Å²) in [6.45, 7) is 3.22. The molecule has 0 saturated carbocycles. The zero-order valence-electron chi connectivity index (χ0n) is 14.8. The molecule has 5 rings (SSSR count). The lowest BCUT2D eigenvalue weighted by Gasteiger charge is -2.48. The molecule has 1 N–H and O–H groups in total.